The molecule has 0 saturated carbocycles. The number of hydrogen-bond donors (Lipinski definition) is 1. The van der Waals surface area contributed by atoms with Gasteiger partial charge in [0.25, 0.3) is 0 Å². The van der Waals surface area contributed by atoms with Crippen molar-refractivity contribution in [3.63, 3.8) is 0 Å². The first-order valence-electron chi connectivity index (χ1n) is 5.20. The Hall–Kier alpha value is -1.73. The van der Waals surface area contributed by atoms with Gasteiger partial charge in [-0.3, -0.25) is 0 Å². The predicted octanol–water partition coefficient (Wildman–Crippen LogP) is 2.83. The molecule has 0 aliphatic carbocycles. The van der Waals surface area contributed by atoms with E-state index in [9.17, 15) is 0 Å². The van der Waals surface area contributed by atoms with Gasteiger partial charge in [0.2, 0.25) is 0 Å². The van der Waals surface area contributed by atoms with Gasteiger partial charge >= 0.3 is 0 Å². The highest BCUT2D eigenvalue weighted by molar-refractivity contribution is 5.34. The van der Waals surface area contributed by atoms with Gasteiger partial charge in [0.15, 0.2) is 5.54 Å². The smallest absolute Gasteiger partial charge is 0.165 e. The van der Waals surface area contributed by atoms with Crippen molar-refractivity contribution in [2.45, 2.75) is 25.3 Å². The second-order valence-electron chi connectivity index (χ2n) is 3.75. The molecule has 0 aliphatic rings. The molecule has 1 atom stereocenters. The fraction of sp³-hybridized carbons (Fsp3) is 0.417. The fourth-order valence-corrected chi connectivity index (χ4v) is 1.21. The summed E-state index contributed by atoms with van der Waals surface area (Å²) in [5, 5.41) is 25.8. The molecular weight excluding hydrogens is 202 g/mol. The van der Waals surface area contributed by atoms with E-state index in [4.69, 9.17) is 10.4 Å². The van der Waals surface area contributed by atoms with Crippen molar-refractivity contribution in [3.05, 3.63) is 30.3 Å². The van der Waals surface area contributed by atoms with E-state index < -0.39 is 5.54 Å². The number of hydrogen-bond acceptors (Lipinski definition) is 4. The van der Waals surface area contributed by atoms with Crippen LogP contribution in [0.5, 0.6) is 0 Å². The molecule has 16 heavy (non-hydrogen) atoms. The Morgan fingerprint density at radius 2 is 2.06 bits per heavy atom. The summed E-state index contributed by atoms with van der Waals surface area (Å²) >= 11 is 0. The summed E-state index contributed by atoms with van der Waals surface area (Å²) in [7, 11) is 0. The summed E-state index contributed by atoms with van der Waals surface area (Å²) in [6.07, 6.45) is 1.06. The molecule has 0 spiro atoms. The lowest BCUT2D eigenvalue weighted by atomic mass is 9.99. The summed E-state index contributed by atoms with van der Waals surface area (Å²) in [6, 6.07) is 11.4. The van der Waals surface area contributed by atoms with E-state index in [1.165, 1.54) is 0 Å². The summed E-state index contributed by atoms with van der Waals surface area (Å²) in [5.74, 6) is 0. The van der Waals surface area contributed by atoms with Crippen molar-refractivity contribution in [3.8, 4) is 6.07 Å². The lowest BCUT2D eigenvalue weighted by Crippen LogP contribution is -2.18. The average Bonchev–Trinajstić information content (AvgIpc) is 2.35. The van der Waals surface area contributed by atoms with Crippen molar-refractivity contribution in [2.24, 2.45) is 10.2 Å². The van der Waals surface area contributed by atoms with Crippen LogP contribution in [-0.2, 0) is 0 Å². The summed E-state index contributed by atoms with van der Waals surface area (Å²) in [4.78, 5) is 0. The van der Waals surface area contributed by atoms with Crippen molar-refractivity contribution < 1.29 is 5.11 Å². The van der Waals surface area contributed by atoms with E-state index in [2.05, 4.69) is 16.3 Å². The Labute approximate surface area is 95.3 Å². The molecule has 1 aromatic carbocycles. The zero-order chi connectivity index (χ0) is 11.9. The van der Waals surface area contributed by atoms with Gasteiger partial charge in [0.1, 0.15) is 0 Å². The lowest BCUT2D eigenvalue weighted by Gasteiger charge is -2.13. The van der Waals surface area contributed by atoms with Crippen LogP contribution in [0, 0.1) is 11.3 Å². The zero-order valence-electron chi connectivity index (χ0n) is 9.30. The Bertz CT molecular complexity index is 383. The Kier molecular flexibility index (Phi) is 4.62. The molecule has 84 valence electrons. The normalized spacial score (nSPS) is 14.6. The highest BCUT2D eigenvalue weighted by Gasteiger charge is 2.22. The molecule has 0 amide bonds. The van der Waals surface area contributed by atoms with Gasteiger partial charge in [-0.25, -0.2) is 0 Å². The van der Waals surface area contributed by atoms with Crippen LogP contribution in [0.1, 0.15) is 19.8 Å². The van der Waals surface area contributed by atoms with Crippen LogP contribution in [0.25, 0.3) is 0 Å². The molecule has 1 rings (SSSR count). The minimum absolute atomic E-state index is 0.0676. The third kappa shape index (κ3) is 3.79. The number of aliphatic hydroxyl groups excluding tert-OH is 1. The van der Waals surface area contributed by atoms with E-state index in [-0.39, 0.29) is 6.61 Å². The van der Waals surface area contributed by atoms with E-state index >= 15 is 0 Å². The maximum Gasteiger partial charge on any atom is 0.165 e. The summed E-state index contributed by atoms with van der Waals surface area (Å²) < 4.78 is 0. The molecule has 0 aromatic heterocycles. The SMILES string of the molecule is CC(C#N)(CCCO)N=Nc1ccccc1. The number of rotatable bonds is 5. The monoisotopic (exact) mass is 217 g/mol. The molecule has 0 saturated heterocycles. The van der Waals surface area contributed by atoms with Crippen LogP contribution in [-0.4, -0.2) is 17.3 Å². The largest absolute Gasteiger partial charge is 0.396 e. The lowest BCUT2D eigenvalue weighted by molar-refractivity contribution is 0.274. The van der Waals surface area contributed by atoms with Crippen molar-refractivity contribution in [1.82, 2.24) is 0 Å². The van der Waals surface area contributed by atoms with E-state index in [0.29, 0.717) is 12.8 Å². The van der Waals surface area contributed by atoms with Gasteiger partial charge in [-0.15, -0.1) is 0 Å². The molecule has 4 nitrogen and oxygen atoms in total. The van der Waals surface area contributed by atoms with Crippen molar-refractivity contribution in [2.75, 3.05) is 6.61 Å². The third-order valence-corrected chi connectivity index (χ3v) is 2.20. The fourth-order valence-electron chi connectivity index (χ4n) is 1.21. The first-order valence-corrected chi connectivity index (χ1v) is 5.20. The number of nitriles is 1. The van der Waals surface area contributed by atoms with Crippen LogP contribution < -0.4 is 0 Å². The topological polar surface area (TPSA) is 68.7 Å². The van der Waals surface area contributed by atoms with Gasteiger partial charge in [-0.05, 0) is 31.9 Å². The van der Waals surface area contributed by atoms with Crippen LogP contribution >= 0.6 is 0 Å². The van der Waals surface area contributed by atoms with E-state index in [1.54, 1.807) is 6.92 Å². The molecular formula is C12H15N3O. The standard InChI is InChI=1S/C12H15N3O/c1-12(10-13,8-5-9-16)15-14-11-6-3-2-4-7-11/h2-4,6-7,16H,5,8-9H2,1H3. The van der Waals surface area contributed by atoms with Gasteiger partial charge in [-0.2, -0.15) is 15.5 Å². The first-order chi connectivity index (χ1) is 7.70. The van der Waals surface area contributed by atoms with Crippen LogP contribution in [0.3, 0.4) is 0 Å². The van der Waals surface area contributed by atoms with Crippen molar-refractivity contribution in [1.29, 1.82) is 5.26 Å². The molecule has 1 N–H and O–H groups in total. The van der Waals surface area contributed by atoms with E-state index in [1.807, 2.05) is 30.3 Å². The Balaban J connectivity index is 2.70. The van der Waals surface area contributed by atoms with Gasteiger partial charge in [-0.1, -0.05) is 18.2 Å². The number of azo groups is 1. The Morgan fingerprint density at radius 1 is 1.38 bits per heavy atom. The highest BCUT2D eigenvalue weighted by Crippen LogP contribution is 2.20. The molecule has 0 aliphatic heterocycles. The highest BCUT2D eigenvalue weighted by atomic mass is 16.2. The van der Waals surface area contributed by atoms with Crippen LogP contribution in [0.15, 0.2) is 40.6 Å². The van der Waals surface area contributed by atoms with E-state index in [0.717, 1.165) is 5.69 Å². The molecule has 0 heterocycles. The second-order valence-corrected chi connectivity index (χ2v) is 3.75. The molecule has 4 heteroatoms. The molecule has 0 bridgehead atoms. The average molecular weight is 217 g/mol. The maximum atomic E-state index is 9.00. The van der Waals surface area contributed by atoms with Gasteiger partial charge < -0.3 is 5.11 Å². The van der Waals surface area contributed by atoms with Gasteiger partial charge in [0.05, 0.1) is 11.8 Å². The molecule has 0 fully saturated rings. The van der Waals surface area contributed by atoms with Crippen molar-refractivity contribution >= 4 is 5.69 Å². The number of aliphatic hydroxyl groups is 1. The molecule has 0 radical (unpaired) electrons. The predicted molar refractivity (Wildman–Crippen MR) is 61.3 cm³/mol. The summed E-state index contributed by atoms with van der Waals surface area (Å²) in [6.45, 7) is 1.78. The second kappa shape index (κ2) is 5.99. The Morgan fingerprint density at radius 3 is 2.62 bits per heavy atom. The van der Waals surface area contributed by atoms with Crippen LogP contribution in [0.4, 0.5) is 5.69 Å². The number of nitrogens with zero attached hydrogens (tertiary/aromatic N) is 3. The quantitative estimate of drug-likeness (QED) is 0.770. The molecule has 1 unspecified atom stereocenters. The molecule has 1 aromatic rings. The summed E-state index contributed by atoms with van der Waals surface area (Å²) in [5.41, 5.74) is -0.119. The van der Waals surface area contributed by atoms with Gasteiger partial charge in [0, 0.05) is 6.61 Å². The maximum absolute atomic E-state index is 9.00. The minimum Gasteiger partial charge on any atom is -0.396 e. The number of benzene rings is 1. The van der Waals surface area contributed by atoms with Crippen LogP contribution in [0.2, 0.25) is 0 Å². The zero-order valence-corrected chi connectivity index (χ0v) is 9.30. The minimum atomic E-state index is -0.849. The third-order valence-electron chi connectivity index (χ3n) is 2.20. The first kappa shape index (κ1) is 12.3.